The van der Waals surface area contributed by atoms with Gasteiger partial charge in [0.2, 0.25) is 0 Å². The average molecular weight is 245 g/mol. The standard InChI is InChI=1S/C11H13ClO4/c12-6-7-14-8-9-15-11(13)16-10-4-2-1-3-5-10/h1-5H,6-9H2. The molecule has 0 aromatic heterocycles. The molecule has 0 fully saturated rings. The van der Waals surface area contributed by atoms with Crippen molar-refractivity contribution in [2.75, 3.05) is 25.7 Å². The lowest BCUT2D eigenvalue weighted by Gasteiger charge is -2.05. The maximum Gasteiger partial charge on any atom is 0.513 e. The Labute approximate surface area is 99.1 Å². The molecule has 0 aliphatic heterocycles. The fourth-order valence-corrected chi connectivity index (χ4v) is 1.06. The molecule has 0 saturated heterocycles. The molecular formula is C11H13ClO4. The van der Waals surface area contributed by atoms with Gasteiger partial charge in [-0.2, -0.15) is 0 Å². The van der Waals surface area contributed by atoms with E-state index in [9.17, 15) is 4.79 Å². The number of hydrogen-bond acceptors (Lipinski definition) is 4. The number of alkyl halides is 1. The topological polar surface area (TPSA) is 44.8 Å². The minimum Gasteiger partial charge on any atom is -0.432 e. The smallest absolute Gasteiger partial charge is 0.432 e. The molecule has 4 nitrogen and oxygen atoms in total. The lowest BCUT2D eigenvalue weighted by Crippen LogP contribution is -2.14. The molecule has 5 heteroatoms. The summed E-state index contributed by atoms with van der Waals surface area (Å²) in [5, 5.41) is 0. The normalized spacial score (nSPS) is 9.81. The number of halogens is 1. The Morgan fingerprint density at radius 3 is 2.56 bits per heavy atom. The molecule has 1 rings (SSSR count). The van der Waals surface area contributed by atoms with Gasteiger partial charge in [-0.25, -0.2) is 4.79 Å². The van der Waals surface area contributed by atoms with Gasteiger partial charge in [0, 0.05) is 5.88 Å². The highest BCUT2D eigenvalue weighted by Gasteiger charge is 2.04. The van der Waals surface area contributed by atoms with Crippen LogP contribution in [0, 0.1) is 0 Å². The van der Waals surface area contributed by atoms with Gasteiger partial charge in [-0.1, -0.05) is 18.2 Å². The zero-order valence-corrected chi connectivity index (χ0v) is 9.48. The number of carbonyl (C=O) groups is 1. The van der Waals surface area contributed by atoms with Crippen molar-refractivity contribution in [3.8, 4) is 5.75 Å². The summed E-state index contributed by atoms with van der Waals surface area (Å²) in [5.41, 5.74) is 0. The van der Waals surface area contributed by atoms with Gasteiger partial charge in [0.05, 0.1) is 13.2 Å². The van der Waals surface area contributed by atoms with Gasteiger partial charge in [0.15, 0.2) is 0 Å². The molecule has 0 atom stereocenters. The average Bonchev–Trinajstić information content (AvgIpc) is 2.30. The predicted molar refractivity (Wildman–Crippen MR) is 60.0 cm³/mol. The number of ether oxygens (including phenoxy) is 3. The number of benzene rings is 1. The minimum atomic E-state index is -0.735. The molecule has 1 aromatic carbocycles. The highest BCUT2D eigenvalue weighted by Crippen LogP contribution is 2.08. The summed E-state index contributed by atoms with van der Waals surface area (Å²) < 4.78 is 14.7. The van der Waals surface area contributed by atoms with Gasteiger partial charge in [-0.3, -0.25) is 0 Å². The van der Waals surface area contributed by atoms with Gasteiger partial charge < -0.3 is 14.2 Å². The van der Waals surface area contributed by atoms with E-state index < -0.39 is 6.16 Å². The minimum absolute atomic E-state index is 0.155. The monoisotopic (exact) mass is 244 g/mol. The maximum absolute atomic E-state index is 11.1. The van der Waals surface area contributed by atoms with Gasteiger partial charge in [-0.15, -0.1) is 11.6 Å². The fraction of sp³-hybridized carbons (Fsp3) is 0.364. The number of carbonyl (C=O) groups excluding carboxylic acids is 1. The molecular weight excluding hydrogens is 232 g/mol. The van der Waals surface area contributed by atoms with Crippen LogP contribution in [-0.4, -0.2) is 31.9 Å². The molecule has 0 radical (unpaired) electrons. The Bertz CT molecular complexity index is 302. The van der Waals surface area contributed by atoms with Crippen LogP contribution in [-0.2, 0) is 9.47 Å². The van der Waals surface area contributed by atoms with E-state index in [1.807, 2.05) is 6.07 Å². The van der Waals surface area contributed by atoms with E-state index in [0.29, 0.717) is 24.8 Å². The molecule has 0 aliphatic rings. The molecule has 0 spiro atoms. The fourth-order valence-electron chi connectivity index (χ4n) is 0.955. The lowest BCUT2D eigenvalue weighted by atomic mass is 10.3. The van der Waals surface area contributed by atoms with Crippen LogP contribution in [0.15, 0.2) is 30.3 Å². The van der Waals surface area contributed by atoms with E-state index in [-0.39, 0.29) is 6.61 Å². The zero-order valence-electron chi connectivity index (χ0n) is 8.73. The van der Waals surface area contributed by atoms with Crippen molar-refractivity contribution in [3.05, 3.63) is 30.3 Å². The molecule has 0 aliphatic carbocycles. The van der Waals surface area contributed by atoms with Crippen LogP contribution in [0.2, 0.25) is 0 Å². The van der Waals surface area contributed by atoms with Crippen molar-refractivity contribution in [1.82, 2.24) is 0 Å². The van der Waals surface area contributed by atoms with E-state index in [2.05, 4.69) is 0 Å². The van der Waals surface area contributed by atoms with Crippen LogP contribution in [0.25, 0.3) is 0 Å². The highest BCUT2D eigenvalue weighted by atomic mass is 35.5. The maximum atomic E-state index is 11.1. The van der Waals surface area contributed by atoms with E-state index in [0.717, 1.165) is 0 Å². The Morgan fingerprint density at radius 1 is 1.12 bits per heavy atom. The van der Waals surface area contributed by atoms with Crippen LogP contribution in [0.1, 0.15) is 0 Å². The lowest BCUT2D eigenvalue weighted by molar-refractivity contribution is 0.0566. The molecule has 16 heavy (non-hydrogen) atoms. The van der Waals surface area contributed by atoms with E-state index in [1.165, 1.54) is 0 Å². The molecule has 0 bridgehead atoms. The molecule has 0 unspecified atom stereocenters. The van der Waals surface area contributed by atoms with Crippen molar-refractivity contribution in [3.63, 3.8) is 0 Å². The SMILES string of the molecule is O=C(OCCOCCCl)Oc1ccccc1. The molecule has 0 heterocycles. The summed E-state index contributed by atoms with van der Waals surface area (Å²) in [7, 11) is 0. The van der Waals surface area contributed by atoms with Crippen LogP contribution in [0.5, 0.6) is 5.75 Å². The molecule has 0 saturated carbocycles. The summed E-state index contributed by atoms with van der Waals surface area (Å²) in [6.07, 6.45) is -0.735. The van der Waals surface area contributed by atoms with Crippen molar-refractivity contribution in [2.45, 2.75) is 0 Å². The first-order valence-electron chi connectivity index (χ1n) is 4.86. The van der Waals surface area contributed by atoms with Crippen LogP contribution in [0.3, 0.4) is 0 Å². The van der Waals surface area contributed by atoms with Crippen molar-refractivity contribution < 1.29 is 19.0 Å². The Hall–Kier alpha value is -1.26. The van der Waals surface area contributed by atoms with Gasteiger partial charge in [0.1, 0.15) is 12.4 Å². The van der Waals surface area contributed by atoms with E-state index in [1.54, 1.807) is 24.3 Å². The van der Waals surface area contributed by atoms with E-state index in [4.69, 9.17) is 25.8 Å². The van der Waals surface area contributed by atoms with Crippen LogP contribution < -0.4 is 4.74 Å². The summed E-state index contributed by atoms with van der Waals surface area (Å²) in [6.45, 7) is 0.914. The summed E-state index contributed by atoms with van der Waals surface area (Å²) in [4.78, 5) is 11.1. The van der Waals surface area contributed by atoms with E-state index >= 15 is 0 Å². The zero-order chi connectivity index (χ0) is 11.6. The van der Waals surface area contributed by atoms with Crippen LogP contribution in [0.4, 0.5) is 4.79 Å². The molecule has 88 valence electrons. The Kier molecular flexibility index (Phi) is 6.37. The Balaban J connectivity index is 2.12. The second-order valence-electron chi connectivity index (χ2n) is 2.81. The van der Waals surface area contributed by atoms with Crippen LogP contribution >= 0.6 is 11.6 Å². The van der Waals surface area contributed by atoms with Gasteiger partial charge in [0.25, 0.3) is 0 Å². The first kappa shape index (κ1) is 12.8. The van der Waals surface area contributed by atoms with Crippen molar-refractivity contribution in [2.24, 2.45) is 0 Å². The first-order valence-corrected chi connectivity index (χ1v) is 5.39. The van der Waals surface area contributed by atoms with Crippen molar-refractivity contribution >= 4 is 17.8 Å². The summed E-state index contributed by atoms with van der Waals surface area (Å²) in [6, 6.07) is 8.72. The summed E-state index contributed by atoms with van der Waals surface area (Å²) in [5.74, 6) is 0.878. The summed E-state index contributed by atoms with van der Waals surface area (Å²) >= 11 is 5.39. The third-order valence-corrected chi connectivity index (χ3v) is 1.77. The van der Waals surface area contributed by atoms with Gasteiger partial charge >= 0.3 is 6.16 Å². The second-order valence-corrected chi connectivity index (χ2v) is 3.19. The number of hydrogen-bond donors (Lipinski definition) is 0. The number of rotatable bonds is 6. The molecule has 0 amide bonds. The first-order chi connectivity index (χ1) is 7.83. The Morgan fingerprint density at radius 2 is 1.88 bits per heavy atom. The van der Waals surface area contributed by atoms with Gasteiger partial charge in [-0.05, 0) is 12.1 Å². The third kappa shape index (κ3) is 5.58. The molecule has 1 aromatic rings. The quantitative estimate of drug-likeness (QED) is 0.334. The third-order valence-electron chi connectivity index (χ3n) is 1.61. The van der Waals surface area contributed by atoms with Crippen molar-refractivity contribution in [1.29, 1.82) is 0 Å². The molecule has 0 N–H and O–H groups in total. The number of para-hydroxylation sites is 1. The predicted octanol–water partition coefficient (Wildman–Crippen LogP) is 2.46. The second kappa shape index (κ2) is 7.96. The highest BCUT2D eigenvalue weighted by molar-refractivity contribution is 6.17. The largest absolute Gasteiger partial charge is 0.513 e.